The molecule has 0 unspecified atom stereocenters. The first-order chi connectivity index (χ1) is 11.5. The van der Waals surface area contributed by atoms with Crippen LogP contribution in [0.25, 0.3) is 0 Å². The molecule has 124 valence electrons. The van der Waals surface area contributed by atoms with Crippen molar-refractivity contribution in [2.75, 3.05) is 18.0 Å². The minimum absolute atomic E-state index is 0.265. The third kappa shape index (κ3) is 2.83. The van der Waals surface area contributed by atoms with Gasteiger partial charge in [0, 0.05) is 35.2 Å². The van der Waals surface area contributed by atoms with Crippen molar-refractivity contribution in [2.45, 2.75) is 18.6 Å². The fraction of sp³-hybridized carbons (Fsp3) is 0.278. The van der Waals surface area contributed by atoms with Crippen LogP contribution in [-0.2, 0) is 0 Å². The maximum atomic E-state index is 13.3. The Bertz CT molecular complexity index is 786. The van der Waals surface area contributed by atoms with E-state index in [2.05, 4.69) is 57.1 Å². The molecule has 4 nitrogen and oxygen atoms in total. The Morgan fingerprint density at radius 2 is 1.83 bits per heavy atom. The second kappa shape index (κ2) is 5.91. The summed E-state index contributed by atoms with van der Waals surface area (Å²) >= 11 is 2.29. The average Bonchev–Trinajstić information content (AvgIpc) is 2.57. The molecule has 1 N–H and O–H groups in total. The van der Waals surface area contributed by atoms with Gasteiger partial charge in [-0.15, -0.1) is 0 Å². The number of amides is 1. The molecule has 2 aliphatic rings. The lowest BCUT2D eigenvalue weighted by atomic mass is 9.96. The summed E-state index contributed by atoms with van der Waals surface area (Å²) in [5, 5.41) is 2.94. The quantitative estimate of drug-likeness (QED) is 0.693. The van der Waals surface area contributed by atoms with Crippen molar-refractivity contribution in [3.8, 4) is 5.75 Å². The Morgan fingerprint density at radius 1 is 1.12 bits per heavy atom. The van der Waals surface area contributed by atoms with E-state index >= 15 is 0 Å². The van der Waals surface area contributed by atoms with Gasteiger partial charge in [0.1, 0.15) is 11.6 Å². The maximum absolute atomic E-state index is 13.3. The van der Waals surface area contributed by atoms with Crippen molar-refractivity contribution >= 4 is 34.2 Å². The van der Waals surface area contributed by atoms with Crippen LogP contribution in [0.15, 0.2) is 42.5 Å². The summed E-state index contributed by atoms with van der Waals surface area (Å²) in [5.74, 6) is -0.238. The van der Waals surface area contributed by atoms with Crippen LogP contribution in [0.2, 0.25) is 0 Å². The number of hydrogen-bond donors (Lipinski definition) is 1. The van der Waals surface area contributed by atoms with E-state index in [4.69, 9.17) is 4.74 Å². The zero-order chi connectivity index (χ0) is 16.7. The lowest BCUT2D eigenvalue weighted by Gasteiger charge is -2.45. The Balaban J connectivity index is 1.52. The van der Waals surface area contributed by atoms with E-state index in [9.17, 15) is 9.18 Å². The Kier molecular flexibility index (Phi) is 3.86. The predicted molar refractivity (Wildman–Crippen MR) is 97.8 cm³/mol. The predicted octanol–water partition coefficient (Wildman–Crippen LogP) is 3.55. The number of halogens is 2. The Hall–Kier alpha value is -1.83. The van der Waals surface area contributed by atoms with Crippen LogP contribution >= 0.6 is 22.6 Å². The van der Waals surface area contributed by atoms with Gasteiger partial charge >= 0.3 is 0 Å². The summed E-state index contributed by atoms with van der Waals surface area (Å²) in [6, 6.07) is 12.5. The number of nitrogens with one attached hydrogen (secondary N) is 1. The van der Waals surface area contributed by atoms with Crippen LogP contribution in [0.1, 0.15) is 23.2 Å². The molecule has 1 spiro atoms. The summed E-state index contributed by atoms with van der Waals surface area (Å²) in [6.45, 7) is 1.58. The minimum Gasteiger partial charge on any atom is -0.467 e. The van der Waals surface area contributed by atoms with E-state index in [0.29, 0.717) is 18.6 Å². The topological polar surface area (TPSA) is 41.6 Å². The van der Waals surface area contributed by atoms with E-state index < -0.39 is 11.5 Å². The molecular weight excluding hydrogens is 422 g/mol. The van der Waals surface area contributed by atoms with Crippen LogP contribution in [-0.4, -0.2) is 24.7 Å². The van der Waals surface area contributed by atoms with Crippen LogP contribution in [0, 0.1) is 9.39 Å². The molecule has 1 amide bonds. The van der Waals surface area contributed by atoms with Gasteiger partial charge in [0.25, 0.3) is 5.91 Å². The number of nitrogens with zero attached hydrogens (tertiary/aromatic N) is 1. The van der Waals surface area contributed by atoms with Crippen LogP contribution in [0.5, 0.6) is 5.75 Å². The molecule has 1 saturated heterocycles. The van der Waals surface area contributed by atoms with Gasteiger partial charge < -0.3 is 15.0 Å². The number of carbonyl (C=O) groups excluding carboxylic acids is 1. The van der Waals surface area contributed by atoms with E-state index in [-0.39, 0.29) is 11.5 Å². The molecule has 2 heterocycles. The van der Waals surface area contributed by atoms with Gasteiger partial charge in [-0.05, 0) is 65.1 Å². The van der Waals surface area contributed by atoms with Gasteiger partial charge in [0.05, 0.1) is 5.56 Å². The fourth-order valence-corrected chi connectivity index (χ4v) is 3.64. The zero-order valence-corrected chi connectivity index (χ0v) is 15.0. The highest BCUT2D eigenvalue weighted by Gasteiger charge is 2.42. The Labute approximate surface area is 153 Å². The van der Waals surface area contributed by atoms with Gasteiger partial charge in [-0.25, -0.2) is 4.39 Å². The van der Waals surface area contributed by atoms with Crippen molar-refractivity contribution in [2.24, 2.45) is 0 Å². The molecule has 2 aliphatic heterocycles. The summed E-state index contributed by atoms with van der Waals surface area (Å²) in [6.07, 6.45) is 1.36. The molecule has 24 heavy (non-hydrogen) atoms. The summed E-state index contributed by atoms with van der Waals surface area (Å²) < 4.78 is 20.6. The number of piperidine rings is 1. The standard InChI is InChI=1S/C18H16FIN2O2/c19-12-1-6-16-15(11-12)17(23)21-18(24-16)7-9-22(10-8-18)14-4-2-13(20)3-5-14/h1-6,11H,7-10H2,(H,21,23). The number of ether oxygens (including phenoxy) is 1. The van der Waals surface area contributed by atoms with E-state index in [1.807, 2.05) is 0 Å². The number of carbonyl (C=O) groups is 1. The van der Waals surface area contributed by atoms with Gasteiger partial charge in [0.15, 0.2) is 5.72 Å². The number of hydrogen-bond acceptors (Lipinski definition) is 3. The van der Waals surface area contributed by atoms with Crippen molar-refractivity contribution in [1.29, 1.82) is 0 Å². The highest BCUT2D eigenvalue weighted by atomic mass is 127. The minimum atomic E-state index is -0.693. The van der Waals surface area contributed by atoms with Crippen LogP contribution in [0.3, 0.4) is 0 Å². The lowest BCUT2D eigenvalue weighted by molar-refractivity contribution is 0.000697. The van der Waals surface area contributed by atoms with Crippen molar-refractivity contribution in [3.05, 3.63) is 57.4 Å². The van der Waals surface area contributed by atoms with Crippen LogP contribution < -0.4 is 15.0 Å². The maximum Gasteiger partial charge on any atom is 0.258 e. The smallest absolute Gasteiger partial charge is 0.258 e. The molecule has 6 heteroatoms. The summed E-state index contributed by atoms with van der Waals surface area (Å²) in [7, 11) is 0. The molecule has 1 fully saturated rings. The summed E-state index contributed by atoms with van der Waals surface area (Å²) in [5.41, 5.74) is 0.747. The summed E-state index contributed by atoms with van der Waals surface area (Å²) in [4.78, 5) is 14.6. The monoisotopic (exact) mass is 438 g/mol. The zero-order valence-electron chi connectivity index (χ0n) is 12.9. The highest BCUT2D eigenvalue weighted by Crippen LogP contribution is 2.35. The third-order valence-corrected chi connectivity index (χ3v) is 5.31. The molecule has 2 aromatic rings. The van der Waals surface area contributed by atoms with Crippen LogP contribution in [0.4, 0.5) is 10.1 Å². The van der Waals surface area contributed by atoms with Crippen molar-refractivity contribution in [1.82, 2.24) is 5.32 Å². The van der Waals surface area contributed by atoms with E-state index in [0.717, 1.165) is 13.1 Å². The molecule has 2 aromatic carbocycles. The number of rotatable bonds is 1. The van der Waals surface area contributed by atoms with E-state index in [1.54, 1.807) is 0 Å². The lowest BCUT2D eigenvalue weighted by Crippen LogP contribution is -2.61. The fourth-order valence-electron chi connectivity index (χ4n) is 3.28. The highest BCUT2D eigenvalue weighted by molar-refractivity contribution is 14.1. The molecular formula is C18H16FIN2O2. The molecule has 0 bridgehead atoms. The number of benzene rings is 2. The molecule has 0 aromatic heterocycles. The second-order valence-corrected chi connectivity index (χ2v) is 7.40. The normalized spacial score (nSPS) is 18.8. The number of anilines is 1. The first kappa shape index (κ1) is 15.7. The van der Waals surface area contributed by atoms with Gasteiger partial charge in [-0.1, -0.05) is 0 Å². The molecule has 0 radical (unpaired) electrons. The van der Waals surface area contributed by atoms with Gasteiger partial charge in [0.2, 0.25) is 0 Å². The first-order valence-electron chi connectivity index (χ1n) is 7.86. The molecule has 0 aliphatic carbocycles. The average molecular weight is 438 g/mol. The van der Waals surface area contributed by atoms with Crippen molar-refractivity contribution in [3.63, 3.8) is 0 Å². The third-order valence-electron chi connectivity index (χ3n) is 4.60. The molecule has 4 rings (SSSR count). The largest absolute Gasteiger partial charge is 0.467 e. The second-order valence-electron chi connectivity index (χ2n) is 6.15. The van der Waals surface area contributed by atoms with Gasteiger partial charge in [-0.2, -0.15) is 0 Å². The SMILES string of the molecule is O=C1NC2(CCN(c3ccc(I)cc3)CC2)Oc2ccc(F)cc21. The Morgan fingerprint density at radius 3 is 2.54 bits per heavy atom. The molecule has 0 atom stereocenters. The number of fused-ring (bicyclic) bond motifs is 1. The van der Waals surface area contributed by atoms with Crippen molar-refractivity contribution < 1.29 is 13.9 Å². The first-order valence-corrected chi connectivity index (χ1v) is 8.94. The van der Waals surface area contributed by atoms with E-state index in [1.165, 1.54) is 27.5 Å². The molecule has 0 saturated carbocycles. The van der Waals surface area contributed by atoms with Gasteiger partial charge in [-0.3, -0.25) is 4.79 Å².